The Morgan fingerprint density at radius 2 is 1.59 bits per heavy atom. The predicted molar refractivity (Wildman–Crippen MR) is 110 cm³/mol. The number of ether oxygens (including phenoxy) is 1. The van der Waals surface area contributed by atoms with Crippen LogP contribution in [0.1, 0.15) is 15.9 Å². The Balaban J connectivity index is 1.64. The lowest BCUT2D eigenvalue weighted by atomic mass is 10.0. The number of hydrogen-bond acceptors (Lipinski definition) is 3. The van der Waals surface area contributed by atoms with E-state index in [-0.39, 0.29) is 5.91 Å². The number of para-hydroxylation sites is 1. The standard InChI is InChI=1S/C23H24N2O2/c1-25(2)23(26)19-12-14-20(15-13-19)24-16-17-8-10-18(11-9-17)21-6-4-5-7-22(21)27-3/h4-15,24H,16H2,1-3H3. The van der Waals surface area contributed by atoms with E-state index in [1.807, 2.05) is 42.5 Å². The highest BCUT2D eigenvalue weighted by Crippen LogP contribution is 2.29. The van der Waals surface area contributed by atoms with Gasteiger partial charge in [0, 0.05) is 37.5 Å². The molecule has 4 nitrogen and oxygen atoms in total. The summed E-state index contributed by atoms with van der Waals surface area (Å²) < 4.78 is 5.44. The molecule has 0 saturated heterocycles. The summed E-state index contributed by atoms with van der Waals surface area (Å²) in [6.45, 7) is 0.715. The predicted octanol–water partition coefficient (Wildman–Crippen LogP) is 4.68. The molecule has 1 N–H and O–H groups in total. The fraction of sp³-hybridized carbons (Fsp3) is 0.174. The second-order valence-electron chi connectivity index (χ2n) is 6.53. The van der Waals surface area contributed by atoms with Gasteiger partial charge >= 0.3 is 0 Å². The summed E-state index contributed by atoms with van der Waals surface area (Å²) >= 11 is 0. The number of amides is 1. The molecule has 0 saturated carbocycles. The summed E-state index contributed by atoms with van der Waals surface area (Å²) in [4.78, 5) is 13.5. The minimum Gasteiger partial charge on any atom is -0.496 e. The number of carbonyl (C=O) groups is 1. The van der Waals surface area contributed by atoms with E-state index in [2.05, 4.69) is 35.6 Å². The summed E-state index contributed by atoms with van der Waals surface area (Å²) in [7, 11) is 5.20. The first-order valence-corrected chi connectivity index (χ1v) is 8.86. The molecule has 3 aromatic carbocycles. The Labute approximate surface area is 160 Å². The van der Waals surface area contributed by atoms with Gasteiger partial charge in [0.15, 0.2) is 0 Å². The van der Waals surface area contributed by atoms with Crippen LogP contribution in [0.4, 0.5) is 5.69 Å². The van der Waals surface area contributed by atoms with Crippen molar-refractivity contribution in [3.63, 3.8) is 0 Å². The number of carbonyl (C=O) groups excluding carboxylic acids is 1. The van der Waals surface area contributed by atoms with Gasteiger partial charge in [-0.15, -0.1) is 0 Å². The number of methoxy groups -OCH3 is 1. The van der Waals surface area contributed by atoms with Gasteiger partial charge in [-0.2, -0.15) is 0 Å². The number of rotatable bonds is 6. The zero-order valence-corrected chi connectivity index (χ0v) is 15.9. The number of benzene rings is 3. The van der Waals surface area contributed by atoms with E-state index in [1.165, 1.54) is 5.56 Å². The van der Waals surface area contributed by atoms with Crippen LogP contribution in [-0.4, -0.2) is 32.0 Å². The van der Waals surface area contributed by atoms with Crippen LogP contribution in [0.2, 0.25) is 0 Å². The lowest BCUT2D eigenvalue weighted by Gasteiger charge is -2.12. The minimum atomic E-state index is 0.00785. The molecule has 0 aliphatic rings. The molecule has 0 fully saturated rings. The number of nitrogens with zero attached hydrogens (tertiary/aromatic N) is 1. The highest BCUT2D eigenvalue weighted by Gasteiger charge is 2.07. The van der Waals surface area contributed by atoms with E-state index in [1.54, 1.807) is 26.1 Å². The average molecular weight is 360 g/mol. The molecule has 27 heavy (non-hydrogen) atoms. The second-order valence-corrected chi connectivity index (χ2v) is 6.53. The van der Waals surface area contributed by atoms with E-state index in [0.29, 0.717) is 12.1 Å². The molecule has 3 rings (SSSR count). The Bertz CT molecular complexity index is 900. The van der Waals surface area contributed by atoms with Gasteiger partial charge in [-0.3, -0.25) is 4.79 Å². The maximum Gasteiger partial charge on any atom is 0.253 e. The fourth-order valence-corrected chi connectivity index (χ4v) is 2.88. The van der Waals surface area contributed by atoms with Crippen LogP contribution in [0, 0.1) is 0 Å². The minimum absolute atomic E-state index is 0.00785. The van der Waals surface area contributed by atoms with E-state index >= 15 is 0 Å². The summed E-state index contributed by atoms with van der Waals surface area (Å²) in [6, 6.07) is 24.0. The van der Waals surface area contributed by atoms with Crippen molar-refractivity contribution in [2.24, 2.45) is 0 Å². The van der Waals surface area contributed by atoms with Gasteiger partial charge in [-0.1, -0.05) is 42.5 Å². The second kappa shape index (κ2) is 8.41. The monoisotopic (exact) mass is 360 g/mol. The zero-order valence-electron chi connectivity index (χ0n) is 15.9. The molecule has 3 aromatic rings. The normalized spacial score (nSPS) is 10.3. The summed E-state index contributed by atoms with van der Waals surface area (Å²) in [5, 5.41) is 3.39. The first kappa shape index (κ1) is 18.5. The van der Waals surface area contributed by atoms with E-state index in [9.17, 15) is 4.79 Å². The number of hydrogen-bond donors (Lipinski definition) is 1. The molecule has 1 amide bonds. The molecule has 0 heterocycles. The van der Waals surface area contributed by atoms with Crippen molar-refractivity contribution in [1.29, 1.82) is 0 Å². The topological polar surface area (TPSA) is 41.6 Å². The summed E-state index contributed by atoms with van der Waals surface area (Å²) in [6.07, 6.45) is 0. The van der Waals surface area contributed by atoms with Crippen molar-refractivity contribution in [2.75, 3.05) is 26.5 Å². The van der Waals surface area contributed by atoms with Crippen LogP contribution in [-0.2, 0) is 6.54 Å². The van der Waals surface area contributed by atoms with E-state index < -0.39 is 0 Å². The molecule has 0 aliphatic carbocycles. The lowest BCUT2D eigenvalue weighted by molar-refractivity contribution is 0.0827. The van der Waals surface area contributed by atoms with Crippen LogP contribution in [0.3, 0.4) is 0 Å². The Morgan fingerprint density at radius 1 is 0.926 bits per heavy atom. The molecule has 0 unspecified atom stereocenters. The largest absolute Gasteiger partial charge is 0.496 e. The SMILES string of the molecule is COc1ccccc1-c1ccc(CNc2ccc(C(=O)N(C)C)cc2)cc1. The number of anilines is 1. The third-order valence-corrected chi connectivity index (χ3v) is 4.41. The van der Waals surface area contributed by atoms with Crippen molar-refractivity contribution in [1.82, 2.24) is 4.90 Å². The van der Waals surface area contributed by atoms with Gasteiger partial charge < -0.3 is 15.0 Å². The van der Waals surface area contributed by atoms with Gasteiger partial charge in [-0.25, -0.2) is 0 Å². The van der Waals surface area contributed by atoms with Gasteiger partial charge in [0.25, 0.3) is 5.91 Å². The Hall–Kier alpha value is -3.27. The lowest BCUT2D eigenvalue weighted by Crippen LogP contribution is -2.21. The molecule has 138 valence electrons. The quantitative estimate of drug-likeness (QED) is 0.694. The van der Waals surface area contributed by atoms with E-state index in [4.69, 9.17) is 4.74 Å². The van der Waals surface area contributed by atoms with Gasteiger partial charge in [0.05, 0.1) is 7.11 Å². The Morgan fingerprint density at radius 3 is 2.22 bits per heavy atom. The molecule has 0 spiro atoms. The highest BCUT2D eigenvalue weighted by atomic mass is 16.5. The van der Waals surface area contributed by atoms with Gasteiger partial charge in [0.2, 0.25) is 0 Å². The van der Waals surface area contributed by atoms with Crippen molar-refractivity contribution in [3.8, 4) is 16.9 Å². The molecule has 0 radical (unpaired) electrons. The van der Waals surface area contributed by atoms with Crippen molar-refractivity contribution < 1.29 is 9.53 Å². The first-order valence-electron chi connectivity index (χ1n) is 8.86. The number of nitrogens with one attached hydrogen (secondary N) is 1. The van der Waals surface area contributed by atoms with Crippen LogP contribution >= 0.6 is 0 Å². The van der Waals surface area contributed by atoms with Crippen LogP contribution in [0.25, 0.3) is 11.1 Å². The molecule has 0 bridgehead atoms. The molecular weight excluding hydrogens is 336 g/mol. The third kappa shape index (κ3) is 4.47. The van der Waals surface area contributed by atoms with Gasteiger partial charge in [0.1, 0.15) is 5.75 Å². The summed E-state index contributed by atoms with van der Waals surface area (Å²) in [5.74, 6) is 0.879. The zero-order chi connectivity index (χ0) is 19.2. The smallest absolute Gasteiger partial charge is 0.253 e. The van der Waals surface area contributed by atoms with Gasteiger partial charge in [-0.05, 0) is 41.5 Å². The van der Waals surface area contributed by atoms with Crippen LogP contribution in [0.5, 0.6) is 5.75 Å². The highest BCUT2D eigenvalue weighted by molar-refractivity contribution is 5.94. The van der Waals surface area contributed by atoms with Crippen molar-refractivity contribution in [2.45, 2.75) is 6.54 Å². The van der Waals surface area contributed by atoms with Crippen LogP contribution < -0.4 is 10.1 Å². The molecule has 0 aliphatic heterocycles. The van der Waals surface area contributed by atoms with E-state index in [0.717, 1.165) is 22.6 Å². The Kier molecular flexibility index (Phi) is 5.77. The maximum atomic E-state index is 11.9. The molecule has 4 heteroatoms. The molecule has 0 atom stereocenters. The first-order chi connectivity index (χ1) is 13.1. The molecular formula is C23H24N2O2. The summed E-state index contributed by atoms with van der Waals surface area (Å²) in [5.41, 5.74) is 5.07. The maximum absolute atomic E-state index is 11.9. The fourth-order valence-electron chi connectivity index (χ4n) is 2.88. The van der Waals surface area contributed by atoms with Crippen molar-refractivity contribution in [3.05, 3.63) is 83.9 Å². The van der Waals surface area contributed by atoms with Crippen molar-refractivity contribution >= 4 is 11.6 Å². The average Bonchev–Trinajstić information content (AvgIpc) is 2.72. The third-order valence-electron chi connectivity index (χ3n) is 4.41. The molecule has 0 aromatic heterocycles. The van der Waals surface area contributed by atoms with Crippen LogP contribution in [0.15, 0.2) is 72.8 Å².